The number of nitrogens with one attached hydrogen (secondary N) is 2. The minimum absolute atomic E-state index is 0.123. The molecule has 2 aromatic carbocycles. The number of carbonyl (C=O) groups is 1. The Kier molecular flexibility index (Phi) is 4.42. The van der Waals surface area contributed by atoms with E-state index in [9.17, 15) is 4.79 Å². The predicted octanol–water partition coefficient (Wildman–Crippen LogP) is 3.68. The van der Waals surface area contributed by atoms with Crippen LogP contribution in [0.4, 0.5) is 5.69 Å². The monoisotopic (exact) mass is 294 g/mol. The fraction of sp³-hybridized carbons (Fsp3) is 0.316. The van der Waals surface area contributed by atoms with Crippen molar-refractivity contribution in [1.82, 2.24) is 5.32 Å². The fourth-order valence-corrected chi connectivity index (χ4v) is 3.15. The molecule has 0 aromatic heterocycles. The van der Waals surface area contributed by atoms with E-state index in [1.54, 1.807) is 0 Å². The van der Waals surface area contributed by atoms with Crippen molar-refractivity contribution < 1.29 is 4.79 Å². The van der Waals surface area contributed by atoms with Gasteiger partial charge in [0.25, 0.3) is 0 Å². The standard InChI is InChI=1S/C19H22N2O/c1-14-11-16(17-9-5-6-10-18(17)21-14)12-19(22)20-13-15-7-3-2-4-8-15/h2-10,14,16,21H,11-13H2,1H3,(H,20,22). The van der Waals surface area contributed by atoms with Crippen LogP contribution in [0.15, 0.2) is 54.6 Å². The SMILES string of the molecule is CC1CC(CC(=O)NCc2ccccc2)c2ccccc2N1. The van der Waals surface area contributed by atoms with Crippen molar-refractivity contribution in [2.45, 2.75) is 38.3 Å². The minimum Gasteiger partial charge on any atom is -0.382 e. The Balaban J connectivity index is 1.62. The van der Waals surface area contributed by atoms with Crippen LogP contribution >= 0.6 is 0 Å². The summed E-state index contributed by atoms with van der Waals surface area (Å²) >= 11 is 0. The summed E-state index contributed by atoms with van der Waals surface area (Å²) in [5.41, 5.74) is 3.56. The molecule has 0 saturated carbocycles. The number of hydrogen-bond acceptors (Lipinski definition) is 2. The number of fused-ring (bicyclic) bond motifs is 1. The molecule has 1 aliphatic heterocycles. The molecule has 1 amide bonds. The predicted molar refractivity (Wildman–Crippen MR) is 89.8 cm³/mol. The number of benzene rings is 2. The highest BCUT2D eigenvalue weighted by molar-refractivity contribution is 5.77. The lowest BCUT2D eigenvalue weighted by molar-refractivity contribution is -0.121. The van der Waals surface area contributed by atoms with E-state index in [0.29, 0.717) is 24.9 Å². The molecule has 1 aliphatic rings. The van der Waals surface area contributed by atoms with Gasteiger partial charge in [0.15, 0.2) is 0 Å². The van der Waals surface area contributed by atoms with Gasteiger partial charge in [0, 0.05) is 24.7 Å². The van der Waals surface area contributed by atoms with Crippen LogP contribution in [0.2, 0.25) is 0 Å². The van der Waals surface area contributed by atoms with E-state index >= 15 is 0 Å². The zero-order chi connectivity index (χ0) is 15.4. The zero-order valence-electron chi connectivity index (χ0n) is 12.9. The van der Waals surface area contributed by atoms with Gasteiger partial charge < -0.3 is 10.6 Å². The van der Waals surface area contributed by atoms with E-state index in [4.69, 9.17) is 0 Å². The van der Waals surface area contributed by atoms with Gasteiger partial charge in [0.05, 0.1) is 0 Å². The molecule has 0 radical (unpaired) electrons. The second-order valence-electron chi connectivity index (χ2n) is 6.03. The zero-order valence-corrected chi connectivity index (χ0v) is 12.9. The molecule has 22 heavy (non-hydrogen) atoms. The maximum atomic E-state index is 12.3. The van der Waals surface area contributed by atoms with Crippen molar-refractivity contribution in [3.05, 3.63) is 65.7 Å². The molecule has 0 aliphatic carbocycles. The number of rotatable bonds is 4. The fourth-order valence-electron chi connectivity index (χ4n) is 3.15. The third-order valence-electron chi connectivity index (χ3n) is 4.20. The van der Waals surface area contributed by atoms with Crippen LogP contribution in [0.5, 0.6) is 0 Å². The van der Waals surface area contributed by atoms with Crippen LogP contribution in [0, 0.1) is 0 Å². The van der Waals surface area contributed by atoms with Gasteiger partial charge in [-0.25, -0.2) is 0 Å². The first-order chi connectivity index (χ1) is 10.7. The average molecular weight is 294 g/mol. The van der Waals surface area contributed by atoms with Gasteiger partial charge in [-0.2, -0.15) is 0 Å². The van der Waals surface area contributed by atoms with Crippen LogP contribution in [0.1, 0.15) is 36.8 Å². The molecule has 2 aromatic rings. The number of amides is 1. The third-order valence-corrected chi connectivity index (χ3v) is 4.20. The Morgan fingerprint density at radius 3 is 2.68 bits per heavy atom. The summed E-state index contributed by atoms with van der Waals surface area (Å²) in [4.78, 5) is 12.3. The van der Waals surface area contributed by atoms with Gasteiger partial charge in [-0.15, -0.1) is 0 Å². The van der Waals surface area contributed by atoms with Crippen LogP contribution < -0.4 is 10.6 Å². The van der Waals surface area contributed by atoms with Crippen molar-refractivity contribution in [3.63, 3.8) is 0 Å². The summed E-state index contributed by atoms with van der Waals surface area (Å²) in [6, 6.07) is 18.7. The molecular weight excluding hydrogens is 272 g/mol. The molecule has 114 valence electrons. The largest absolute Gasteiger partial charge is 0.382 e. The van der Waals surface area contributed by atoms with Crippen molar-refractivity contribution in [2.24, 2.45) is 0 Å². The maximum Gasteiger partial charge on any atom is 0.220 e. The molecular formula is C19H22N2O. The van der Waals surface area contributed by atoms with E-state index in [-0.39, 0.29) is 5.91 Å². The average Bonchev–Trinajstić information content (AvgIpc) is 2.54. The molecule has 1 heterocycles. The first-order valence-corrected chi connectivity index (χ1v) is 7.88. The Morgan fingerprint density at radius 1 is 1.14 bits per heavy atom. The molecule has 2 unspecified atom stereocenters. The number of hydrogen-bond donors (Lipinski definition) is 2. The van der Waals surface area contributed by atoms with Gasteiger partial charge in [0.1, 0.15) is 0 Å². The summed E-state index contributed by atoms with van der Waals surface area (Å²) in [5.74, 6) is 0.418. The minimum atomic E-state index is 0.123. The Labute approximate surface area is 131 Å². The summed E-state index contributed by atoms with van der Waals surface area (Å²) in [5, 5.41) is 6.52. The van der Waals surface area contributed by atoms with E-state index in [1.807, 2.05) is 42.5 Å². The van der Waals surface area contributed by atoms with Crippen molar-refractivity contribution in [3.8, 4) is 0 Å². The first kappa shape index (κ1) is 14.6. The highest BCUT2D eigenvalue weighted by Gasteiger charge is 2.25. The number of anilines is 1. The maximum absolute atomic E-state index is 12.3. The lowest BCUT2D eigenvalue weighted by atomic mass is 9.85. The topological polar surface area (TPSA) is 41.1 Å². The van der Waals surface area contributed by atoms with E-state index in [1.165, 1.54) is 11.3 Å². The second-order valence-corrected chi connectivity index (χ2v) is 6.03. The van der Waals surface area contributed by atoms with E-state index < -0.39 is 0 Å². The summed E-state index contributed by atoms with van der Waals surface area (Å²) in [7, 11) is 0. The Hall–Kier alpha value is -2.29. The Morgan fingerprint density at radius 2 is 1.86 bits per heavy atom. The number of carbonyl (C=O) groups excluding carboxylic acids is 1. The highest BCUT2D eigenvalue weighted by atomic mass is 16.1. The molecule has 3 nitrogen and oxygen atoms in total. The quantitative estimate of drug-likeness (QED) is 0.903. The molecule has 0 fully saturated rings. The van der Waals surface area contributed by atoms with Crippen LogP contribution in [-0.2, 0) is 11.3 Å². The Bertz CT molecular complexity index is 639. The lowest BCUT2D eigenvalue weighted by Crippen LogP contribution is -2.30. The summed E-state index contributed by atoms with van der Waals surface area (Å²) in [6.07, 6.45) is 1.55. The van der Waals surface area contributed by atoms with Gasteiger partial charge in [-0.3, -0.25) is 4.79 Å². The van der Waals surface area contributed by atoms with Crippen LogP contribution in [0.3, 0.4) is 0 Å². The molecule has 3 rings (SSSR count). The molecule has 2 N–H and O–H groups in total. The summed E-state index contributed by atoms with van der Waals surface area (Å²) < 4.78 is 0. The summed E-state index contributed by atoms with van der Waals surface area (Å²) in [6.45, 7) is 2.77. The molecule has 0 saturated heterocycles. The second kappa shape index (κ2) is 6.65. The molecule has 0 spiro atoms. The third kappa shape index (κ3) is 3.48. The van der Waals surface area contributed by atoms with Crippen molar-refractivity contribution in [1.29, 1.82) is 0 Å². The van der Waals surface area contributed by atoms with Gasteiger partial charge >= 0.3 is 0 Å². The van der Waals surface area contributed by atoms with E-state index in [2.05, 4.69) is 29.7 Å². The van der Waals surface area contributed by atoms with Crippen LogP contribution in [0.25, 0.3) is 0 Å². The van der Waals surface area contributed by atoms with Gasteiger partial charge in [-0.05, 0) is 36.5 Å². The van der Waals surface area contributed by atoms with Crippen LogP contribution in [-0.4, -0.2) is 11.9 Å². The van der Waals surface area contributed by atoms with Gasteiger partial charge in [-0.1, -0.05) is 48.5 Å². The smallest absolute Gasteiger partial charge is 0.220 e. The lowest BCUT2D eigenvalue weighted by Gasteiger charge is -2.31. The first-order valence-electron chi connectivity index (χ1n) is 7.88. The highest BCUT2D eigenvalue weighted by Crippen LogP contribution is 2.35. The number of para-hydroxylation sites is 1. The van der Waals surface area contributed by atoms with E-state index in [0.717, 1.165) is 12.0 Å². The van der Waals surface area contributed by atoms with Crippen molar-refractivity contribution >= 4 is 11.6 Å². The molecule has 3 heteroatoms. The molecule has 2 atom stereocenters. The molecule has 0 bridgehead atoms. The van der Waals surface area contributed by atoms with Crippen molar-refractivity contribution in [2.75, 3.05) is 5.32 Å². The normalized spacial score (nSPS) is 19.9. The van der Waals surface area contributed by atoms with Gasteiger partial charge in [0.2, 0.25) is 5.91 Å².